The van der Waals surface area contributed by atoms with E-state index in [2.05, 4.69) is 31.2 Å². The Bertz CT molecular complexity index is 613. The lowest BCUT2D eigenvalue weighted by Crippen LogP contribution is -2.32. The number of amides is 1. The van der Waals surface area contributed by atoms with E-state index in [4.69, 9.17) is 0 Å². The van der Waals surface area contributed by atoms with Crippen molar-refractivity contribution >= 4 is 5.91 Å². The summed E-state index contributed by atoms with van der Waals surface area (Å²) in [6.07, 6.45) is 5.71. The van der Waals surface area contributed by atoms with Crippen LogP contribution in [0.1, 0.15) is 49.7 Å². The molecule has 1 amide bonds. The first-order valence-electron chi connectivity index (χ1n) is 8.01. The molecule has 0 fully saturated rings. The lowest BCUT2D eigenvalue weighted by molar-refractivity contribution is -0.124. The van der Waals surface area contributed by atoms with Crippen molar-refractivity contribution in [3.05, 3.63) is 41.5 Å². The van der Waals surface area contributed by atoms with Crippen molar-refractivity contribution in [2.75, 3.05) is 0 Å². The fourth-order valence-electron chi connectivity index (χ4n) is 2.84. The summed E-state index contributed by atoms with van der Waals surface area (Å²) in [7, 11) is 0. The van der Waals surface area contributed by atoms with Gasteiger partial charge in [0.05, 0.1) is 5.69 Å². The summed E-state index contributed by atoms with van der Waals surface area (Å²) < 4.78 is 3.96. The quantitative estimate of drug-likeness (QED) is 0.855. The molecule has 0 aromatic carbocycles. The van der Waals surface area contributed by atoms with Crippen LogP contribution in [0.5, 0.6) is 0 Å². The summed E-state index contributed by atoms with van der Waals surface area (Å²) in [4.78, 5) is 12.5. The van der Waals surface area contributed by atoms with E-state index < -0.39 is 0 Å². The lowest BCUT2D eigenvalue weighted by atomic mass is 10.1. The van der Waals surface area contributed by atoms with E-state index in [0.717, 1.165) is 36.3 Å². The standard InChI is InChI=1S/C17H26N4O/c1-5-9-16(20-10-7-8-11-20)17(22)18-12-15-13(3)19-21(6-2)14(15)4/h7-8,10-11,16H,5-6,9,12H2,1-4H3,(H,18,22)/t16-/m0/s1. The molecular formula is C17H26N4O. The second-order valence-corrected chi connectivity index (χ2v) is 5.62. The van der Waals surface area contributed by atoms with Crippen LogP contribution in [-0.4, -0.2) is 20.3 Å². The van der Waals surface area contributed by atoms with Gasteiger partial charge in [-0.3, -0.25) is 9.48 Å². The summed E-state index contributed by atoms with van der Waals surface area (Å²) in [6, 6.07) is 3.77. The van der Waals surface area contributed by atoms with Gasteiger partial charge in [0.15, 0.2) is 0 Å². The van der Waals surface area contributed by atoms with E-state index in [0.29, 0.717) is 6.54 Å². The molecule has 120 valence electrons. The second kappa shape index (κ2) is 7.29. The number of rotatable bonds is 7. The smallest absolute Gasteiger partial charge is 0.243 e. The predicted molar refractivity (Wildman–Crippen MR) is 87.6 cm³/mol. The van der Waals surface area contributed by atoms with Gasteiger partial charge in [-0.1, -0.05) is 13.3 Å². The highest BCUT2D eigenvalue weighted by molar-refractivity contribution is 5.80. The maximum absolute atomic E-state index is 12.5. The number of aromatic nitrogens is 3. The number of nitrogens with one attached hydrogen (secondary N) is 1. The van der Waals surface area contributed by atoms with Crippen molar-refractivity contribution in [1.29, 1.82) is 0 Å². The zero-order valence-corrected chi connectivity index (χ0v) is 14.0. The fraction of sp³-hybridized carbons (Fsp3) is 0.529. The average molecular weight is 302 g/mol. The largest absolute Gasteiger partial charge is 0.350 e. The van der Waals surface area contributed by atoms with Gasteiger partial charge in [-0.2, -0.15) is 5.10 Å². The fourth-order valence-corrected chi connectivity index (χ4v) is 2.84. The van der Waals surface area contributed by atoms with Gasteiger partial charge in [-0.05, 0) is 39.3 Å². The Balaban J connectivity index is 2.07. The minimum atomic E-state index is -0.137. The Labute approximate surface area is 132 Å². The monoisotopic (exact) mass is 302 g/mol. The number of hydrogen-bond donors (Lipinski definition) is 1. The molecule has 2 aromatic heterocycles. The van der Waals surface area contributed by atoms with E-state index in [1.54, 1.807) is 0 Å². The molecule has 0 radical (unpaired) electrons. The van der Waals surface area contributed by atoms with Crippen LogP contribution < -0.4 is 5.32 Å². The summed E-state index contributed by atoms with van der Waals surface area (Å²) in [5.74, 6) is 0.0705. The summed E-state index contributed by atoms with van der Waals surface area (Å²) >= 11 is 0. The number of carbonyl (C=O) groups is 1. The van der Waals surface area contributed by atoms with Crippen molar-refractivity contribution in [3.8, 4) is 0 Å². The van der Waals surface area contributed by atoms with Gasteiger partial charge in [0, 0.05) is 36.7 Å². The Morgan fingerprint density at radius 2 is 1.95 bits per heavy atom. The van der Waals surface area contributed by atoms with Crippen LogP contribution in [0.2, 0.25) is 0 Å². The predicted octanol–water partition coefficient (Wildman–Crippen LogP) is 2.98. The number of nitrogens with zero attached hydrogens (tertiary/aromatic N) is 3. The molecule has 0 aliphatic carbocycles. The third kappa shape index (κ3) is 3.40. The van der Waals surface area contributed by atoms with E-state index in [1.807, 2.05) is 40.7 Å². The van der Waals surface area contributed by atoms with Crippen LogP contribution >= 0.6 is 0 Å². The van der Waals surface area contributed by atoms with Gasteiger partial charge in [0.1, 0.15) is 6.04 Å². The molecule has 0 spiro atoms. The minimum absolute atomic E-state index is 0.0705. The third-order valence-electron chi connectivity index (χ3n) is 4.12. The van der Waals surface area contributed by atoms with Crippen LogP contribution in [0.15, 0.2) is 24.5 Å². The van der Waals surface area contributed by atoms with Gasteiger partial charge in [0.25, 0.3) is 0 Å². The number of aryl methyl sites for hydroxylation is 2. The van der Waals surface area contributed by atoms with Crippen molar-refractivity contribution < 1.29 is 4.79 Å². The van der Waals surface area contributed by atoms with E-state index in [-0.39, 0.29) is 11.9 Å². The SMILES string of the molecule is CCC[C@@H](C(=O)NCc1c(C)nn(CC)c1C)n1cccc1. The minimum Gasteiger partial charge on any atom is -0.350 e. The molecule has 0 aliphatic rings. The first-order valence-corrected chi connectivity index (χ1v) is 8.01. The number of hydrogen-bond acceptors (Lipinski definition) is 2. The molecule has 5 heteroatoms. The van der Waals surface area contributed by atoms with Gasteiger partial charge in [0.2, 0.25) is 5.91 Å². The molecule has 0 saturated carbocycles. The molecular weight excluding hydrogens is 276 g/mol. The maximum Gasteiger partial charge on any atom is 0.243 e. The molecule has 0 saturated heterocycles. The van der Waals surface area contributed by atoms with Crippen LogP contribution in [0.25, 0.3) is 0 Å². The van der Waals surface area contributed by atoms with E-state index in [9.17, 15) is 4.79 Å². The Kier molecular flexibility index (Phi) is 5.41. The highest BCUT2D eigenvalue weighted by atomic mass is 16.2. The molecule has 2 rings (SSSR count). The van der Waals surface area contributed by atoms with E-state index in [1.165, 1.54) is 0 Å². The van der Waals surface area contributed by atoms with Gasteiger partial charge in [-0.25, -0.2) is 0 Å². The molecule has 0 bridgehead atoms. The molecule has 22 heavy (non-hydrogen) atoms. The van der Waals surface area contributed by atoms with Crippen LogP contribution in [0, 0.1) is 13.8 Å². The van der Waals surface area contributed by atoms with Crippen molar-refractivity contribution in [2.45, 2.75) is 59.7 Å². The zero-order chi connectivity index (χ0) is 16.1. The molecule has 2 aromatic rings. The summed E-state index contributed by atoms with van der Waals surface area (Å²) in [5.41, 5.74) is 3.25. The van der Waals surface area contributed by atoms with Crippen molar-refractivity contribution in [2.24, 2.45) is 0 Å². The highest BCUT2D eigenvalue weighted by Gasteiger charge is 2.19. The van der Waals surface area contributed by atoms with Gasteiger partial charge >= 0.3 is 0 Å². The molecule has 2 heterocycles. The van der Waals surface area contributed by atoms with Gasteiger partial charge < -0.3 is 9.88 Å². The topological polar surface area (TPSA) is 51.9 Å². The average Bonchev–Trinajstić information content (AvgIpc) is 3.11. The summed E-state index contributed by atoms with van der Waals surface area (Å²) in [6.45, 7) is 9.62. The Morgan fingerprint density at radius 1 is 1.27 bits per heavy atom. The Hall–Kier alpha value is -2.04. The van der Waals surface area contributed by atoms with Crippen molar-refractivity contribution in [3.63, 3.8) is 0 Å². The van der Waals surface area contributed by atoms with Gasteiger partial charge in [-0.15, -0.1) is 0 Å². The van der Waals surface area contributed by atoms with Crippen LogP contribution in [-0.2, 0) is 17.9 Å². The first-order chi connectivity index (χ1) is 10.6. The Morgan fingerprint density at radius 3 is 2.50 bits per heavy atom. The summed E-state index contributed by atoms with van der Waals surface area (Å²) in [5, 5.41) is 7.58. The molecule has 1 N–H and O–H groups in total. The highest BCUT2D eigenvalue weighted by Crippen LogP contribution is 2.16. The number of carbonyl (C=O) groups excluding carboxylic acids is 1. The molecule has 0 unspecified atom stereocenters. The molecule has 0 aliphatic heterocycles. The molecule has 5 nitrogen and oxygen atoms in total. The normalized spacial score (nSPS) is 12.4. The van der Waals surface area contributed by atoms with Crippen molar-refractivity contribution in [1.82, 2.24) is 19.7 Å². The van der Waals surface area contributed by atoms with E-state index >= 15 is 0 Å². The van der Waals surface area contributed by atoms with Crippen LogP contribution in [0.3, 0.4) is 0 Å². The lowest BCUT2D eigenvalue weighted by Gasteiger charge is -2.18. The first kappa shape index (κ1) is 16.3. The molecule has 1 atom stereocenters. The van der Waals surface area contributed by atoms with Crippen LogP contribution in [0.4, 0.5) is 0 Å². The maximum atomic E-state index is 12.5. The zero-order valence-electron chi connectivity index (χ0n) is 14.0. The third-order valence-corrected chi connectivity index (χ3v) is 4.12. The second-order valence-electron chi connectivity index (χ2n) is 5.62.